The normalized spacial score (nSPS) is 20.4. The van der Waals surface area contributed by atoms with Gasteiger partial charge in [-0.2, -0.15) is 0 Å². The number of carbonyl (C=O) groups is 1. The van der Waals surface area contributed by atoms with E-state index in [4.69, 9.17) is 0 Å². The predicted molar refractivity (Wildman–Crippen MR) is 77.6 cm³/mol. The van der Waals surface area contributed by atoms with Crippen LogP contribution < -0.4 is 10.6 Å². The van der Waals surface area contributed by atoms with Crippen molar-refractivity contribution >= 4 is 5.91 Å². The van der Waals surface area contributed by atoms with Crippen LogP contribution >= 0.6 is 0 Å². The zero-order valence-corrected chi connectivity index (χ0v) is 11.7. The second-order valence-electron chi connectivity index (χ2n) is 6.02. The molecule has 3 rings (SSSR count). The van der Waals surface area contributed by atoms with Crippen LogP contribution in [0, 0.1) is 0 Å². The van der Waals surface area contributed by atoms with E-state index >= 15 is 0 Å². The highest BCUT2D eigenvalue weighted by atomic mass is 16.3. The first kappa shape index (κ1) is 13.6. The molecule has 20 heavy (non-hydrogen) atoms. The van der Waals surface area contributed by atoms with Gasteiger partial charge < -0.3 is 15.7 Å². The Morgan fingerprint density at radius 3 is 2.90 bits per heavy atom. The Kier molecular flexibility index (Phi) is 3.76. The molecule has 4 nitrogen and oxygen atoms in total. The van der Waals surface area contributed by atoms with Crippen LogP contribution in [0.15, 0.2) is 18.2 Å². The summed E-state index contributed by atoms with van der Waals surface area (Å²) in [6.45, 7) is 2.20. The lowest BCUT2D eigenvalue weighted by Gasteiger charge is -2.22. The molecule has 3 N–H and O–H groups in total. The van der Waals surface area contributed by atoms with E-state index in [1.54, 1.807) is 0 Å². The average Bonchev–Trinajstić information content (AvgIpc) is 2.91. The molecule has 0 radical (unpaired) electrons. The molecule has 0 unspecified atom stereocenters. The number of hydrogen-bond donors (Lipinski definition) is 3. The highest BCUT2D eigenvalue weighted by Crippen LogP contribution is 2.28. The standard InChI is InChI=1S/C16H22N2O2/c19-15(18-11-16(20)6-1-2-7-16)13-4-3-12-5-8-17-10-14(12)9-13/h3-4,9,17,20H,1-2,5-8,10-11H2,(H,18,19). The van der Waals surface area contributed by atoms with Gasteiger partial charge in [-0.1, -0.05) is 18.9 Å². The first-order valence-corrected chi connectivity index (χ1v) is 7.49. The van der Waals surface area contributed by atoms with Crippen LogP contribution in [0.1, 0.15) is 47.2 Å². The summed E-state index contributed by atoms with van der Waals surface area (Å²) in [5, 5.41) is 16.5. The smallest absolute Gasteiger partial charge is 0.251 e. The van der Waals surface area contributed by atoms with E-state index < -0.39 is 5.60 Å². The number of benzene rings is 1. The van der Waals surface area contributed by atoms with Crippen LogP contribution in [-0.4, -0.2) is 29.7 Å². The number of rotatable bonds is 3. The molecule has 1 aromatic rings. The number of amides is 1. The van der Waals surface area contributed by atoms with E-state index in [2.05, 4.69) is 16.7 Å². The van der Waals surface area contributed by atoms with Crippen molar-refractivity contribution in [2.45, 2.75) is 44.2 Å². The van der Waals surface area contributed by atoms with Gasteiger partial charge in [0.05, 0.1) is 5.60 Å². The third kappa shape index (κ3) is 2.86. The fraction of sp³-hybridized carbons (Fsp3) is 0.562. The van der Waals surface area contributed by atoms with E-state index in [9.17, 15) is 9.90 Å². The SMILES string of the molecule is O=C(NCC1(O)CCCC1)c1ccc2c(c1)CNCC2. The van der Waals surface area contributed by atoms with Crippen LogP contribution in [0.3, 0.4) is 0 Å². The number of aliphatic hydroxyl groups is 1. The molecule has 1 saturated carbocycles. The van der Waals surface area contributed by atoms with E-state index in [1.807, 2.05) is 12.1 Å². The van der Waals surface area contributed by atoms with Crippen molar-refractivity contribution < 1.29 is 9.90 Å². The van der Waals surface area contributed by atoms with E-state index in [1.165, 1.54) is 11.1 Å². The Morgan fingerprint density at radius 1 is 1.30 bits per heavy atom. The average molecular weight is 274 g/mol. The molecular formula is C16H22N2O2. The Labute approximate surface area is 119 Å². The quantitative estimate of drug-likeness (QED) is 0.780. The lowest BCUT2D eigenvalue weighted by molar-refractivity contribution is 0.0449. The summed E-state index contributed by atoms with van der Waals surface area (Å²) in [6.07, 6.45) is 4.72. The first-order valence-electron chi connectivity index (χ1n) is 7.49. The van der Waals surface area contributed by atoms with Gasteiger partial charge in [0.15, 0.2) is 0 Å². The molecule has 1 heterocycles. The third-order valence-electron chi connectivity index (χ3n) is 4.47. The molecule has 0 aromatic heterocycles. The zero-order valence-electron chi connectivity index (χ0n) is 11.7. The first-order chi connectivity index (χ1) is 9.66. The number of hydrogen-bond acceptors (Lipinski definition) is 3. The molecular weight excluding hydrogens is 252 g/mol. The van der Waals surface area contributed by atoms with Gasteiger partial charge in [-0.25, -0.2) is 0 Å². The highest BCUT2D eigenvalue weighted by molar-refractivity contribution is 5.94. The van der Waals surface area contributed by atoms with Crippen molar-refractivity contribution in [3.05, 3.63) is 34.9 Å². The molecule has 1 aliphatic heterocycles. The summed E-state index contributed by atoms with van der Waals surface area (Å²) >= 11 is 0. The number of carbonyl (C=O) groups excluding carboxylic acids is 1. The predicted octanol–water partition coefficient (Wildman–Crippen LogP) is 1.37. The lowest BCUT2D eigenvalue weighted by Crippen LogP contribution is -2.40. The molecule has 1 amide bonds. The summed E-state index contributed by atoms with van der Waals surface area (Å²) in [5.74, 6) is -0.0845. The molecule has 0 saturated heterocycles. The van der Waals surface area contributed by atoms with Gasteiger partial charge in [-0.3, -0.25) is 4.79 Å². The van der Waals surface area contributed by atoms with Gasteiger partial charge in [0.2, 0.25) is 0 Å². The summed E-state index contributed by atoms with van der Waals surface area (Å²) in [7, 11) is 0. The number of fused-ring (bicyclic) bond motifs is 1. The van der Waals surface area contributed by atoms with Crippen LogP contribution in [0.25, 0.3) is 0 Å². The van der Waals surface area contributed by atoms with Crippen molar-refractivity contribution in [1.29, 1.82) is 0 Å². The maximum atomic E-state index is 12.2. The molecule has 4 heteroatoms. The maximum Gasteiger partial charge on any atom is 0.251 e. The molecule has 108 valence electrons. The van der Waals surface area contributed by atoms with Crippen molar-refractivity contribution in [1.82, 2.24) is 10.6 Å². The van der Waals surface area contributed by atoms with Gasteiger partial charge in [0, 0.05) is 18.7 Å². The summed E-state index contributed by atoms with van der Waals surface area (Å²) in [6, 6.07) is 5.91. The van der Waals surface area contributed by atoms with Crippen molar-refractivity contribution in [3.63, 3.8) is 0 Å². The fourth-order valence-electron chi connectivity index (χ4n) is 3.18. The van der Waals surface area contributed by atoms with Gasteiger partial charge in [0.25, 0.3) is 5.91 Å². The minimum absolute atomic E-state index is 0.0845. The summed E-state index contributed by atoms with van der Waals surface area (Å²) in [5.41, 5.74) is 2.54. The van der Waals surface area contributed by atoms with Gasteiger partial charge in [0.1, 0.15) is 0 Å². The summed E-state index contributed by atoms with van der Waals surface area (Å²) < 4.78 is 0. The van der Waals surface area contributed by atoms with Crippen molar-refractivity contribution in [2.75, 3.05) is 13.1 Å². The minimum atomic E-state index is -0.689. The third-order valence-corrected chi connectivity index (χ3v) is 4.47. The van der Waals surface area contributed by atoms with Crippen LogP contribution in [0.5, 0.6) is 0 Å². The second-order valence-corrected chi connectivity index (χ2v) is 6.02. The second kappa shape index (κ2) is 5.54. The molecule has 1 aromatic carbocycles. The van der Waals surface area contributed by atoms with Crippen molar-refractivity contribution in [2.24, 2.45) is 0 Å². The molecule has 0 bridgehead atoms. The van der Waals surface area contributed by atoms with E-state index in [0.29, 0.717) is 12.1 Å². The zero-order chi connectivity index (χ0) is 14.0. The van der Waals surface area contributed by atoms with Crippen LogP contribution in [0.4, 0.5) is 0 Å². The van der Waals surface area contributed by atoms with Gasteiger partial charge in [-0.15, -0.1) is 0 Å². The van der Waals surface area contributed by atoms with E-state index in [0.717, 1.165) is 45.2 Å². The van der Waals surface area contributed by atoms with Crippen molar-refractivity contribution in [3.8, 4) is 0 Å². The Bertz CT molecular complexity index is 507. The largest absolute Gasteiger partial charge is 0.388 e. The fourth-order valence-corrected chi connectivity index (χ4v) is 3.18. The Balaban J connectivity index is 1.65. The summed E-state index contributed by atoms with van der Waals surface area (Å²) in [4.78, 5) is 12.2. The number of nitrogens with one attached hydrogen (secondary N) is 2. The topological polar surface area (TPSA) is 61.4 Å². The van der Waals surface area contributed by atoms with Crippen LogP contribution in [-0.2, 0) is 13.0 Å². The maximum absolute atomic E-state index is 12.2. The highest BCUT2D eigenvalue weighted by Gasteiger charge is 2.31. The lowest BCUT2D eigenvalue weighted by atomic mass is 9.98. The van der Waals surface area contributed by atoms with E-state index in [-0.39, 0.29) is 5.91 Å². The molecule has 2 aliphatic rings. The minimum Gasteiger partial charge on any atom is -0.388 e. The van der Waals surface area contributed by atoms with Crippen LogP contribution in [0.2, 0.25) is 0 Å². The van der Waals surface area contributed by atoms with Gasteiger partial charge in [-0.05, 0) is 49.1 Å². The monoisotopic (exact) mass is 274 g/mol. The Hall–Kier alpha value is -1.39. The molecule has 0 spiro atoms. The molecule has 0 atom stereocenters. The molecule has 1 fully saturated rings. The molecule has 1 aliphatic carbocycles. The Morgan fingerprint density at radius 2 is 2.10 bits per heavy atom. The van der Waals surface area contributed by atoms with Gasteiger partial charge >= 0.3 is 0 Å².